The van der Waals surface area contributed by atoms with Gasteiger partial charge >= 0.3 is 0 Å². The quantitative estimate of drug-likeness (QED) is 0.413. The summed E-state index contributed by atoms with van der Waals surface area (Å²) in [6.07, 6.45) is 5.33. The summed E-state index contributed by atoms with van der Waals surface area (Å²) in [5, 5.41) is 28.5. The molecule has 1 aliphatic heterocycles. The minimum atomic E-state index is -1.09. The molecule has 0 aromatic heterocycles. The van der Waals surface area contributed by atoms with Crippen LogP contribution in [0.1, 0.15) is 38.5 Å². The number of hydrogen-bond acceptors (Lipinski definition) is 5. The smallest absolute Gasteiger partial charge is 0.111 e. The molecule has 1 aliphatic rings. The topological polar surface area (TPSA) is 79.2 Å². The van der Waals surface area contributed by atoms with Crippen molar-refractivity contribution in [2.45, 2.75) is 62.9 Å². The first-order valence-corrected chi connectivity index (χ1v) is 7.51. The van der Waals surface area contributed by atoms with E-state index in [4.69, 9.17) is 14.6 Å². The number of aliphatic hydroxyl groups excluding tert-OH is 3. The van der Waals surface area contributed by atoms with Gasteiger partial charge in [-0.05, 0) is 19.3 Å². The number of unbranched alkanes of at least 4 members (excludes halogenated alkanes) is 5. The molecule has 0 radical (unpaired) electrons. The highest BCUT2D eigenvalue weighted by Crippen LogP contribution is 2.18. The van der Waals surface area contributed by atoms with Gasteiger partial charge in [0.15, 0.2) is 0 Å². The Kier molecular flexibility index (Phi) is 9.05. The van der Waals surface area contributed by atoms with Gasteiger partial charge in [0, 0.05) is 6.61 Å². The van der Waals surface area contributed by atoms with E-state index in [2.05, 4.69) is 6.58 Å². The van der Waals surface area contributed by atoms with E-state index < -0.39 is 24.4 Å². The van der Waals surface area contributed by atoms with Gasteiger partial charge in [0.1, 0.15) is 24.4 Å². The molecule has 0 aliphatic carbocycles. The second-order valence-corrected chi connectivity index (χ2v) is 5.29. The third kappa shape index (κ3) is 5.89. The molecule has 0 unspecified atom stereocenters. The summed E-state index contributed by atoms with van der Waals surface area (Å²) in [6, 6.07) is 0. The van der Waals surface area contributed by atoms with Crippen LogP contribution in [0.2, 0.25) is 0 Å². The standard InChI is InChI=1S/C15H28O5/c1-2-3-4-5-6-7-8-9-19-13-11-20-12(10-16)14(17)15(13)18/h2,12-18H,1,3-11H2/t12-,13+,14-,15-/m1/s1. The Morgan fingerprint density at radius 1 is 1.10 bits per heavy atom. The lowest BCUT2D eigenvalue weighted by Crippen LogP contribution is -2.55. The van der Waals surface area contributed by atoms with Gasteiger partial charge in [-0.3, -0.25) is 0 Å². The van der Waals surface area contributed by atoms with Gasteiger partial charge < -0.3 is 24.8 Å². The third-order valence-electron chi connectivity index (χ3n) is 3.65. The van der Waals surface area contributed by atoms with E-state index in [0.717, 1.165) is 19.3 Å². The molecule has 20 heavy (non-hydrogen) atoms. The molecule has 0 saturated carbocycles. The van der Waals surface area contributed by atoms with E-state index in [1.54, 1.807) is 0 Å². The molecule has 4 atom stereocenters. The lowest BCUT2D eigenvalue weighted by Gasteiger charge is -2.36. The molecule has 0 bridgehead atoms. The van der Waals surface area contributed by atoms with Crippen molar-refractivity contribution in [1.82, 2.24) is 0 Å². The monoisotopic (exact) mass is 288 g/mol. The Bertz CT molecular complexity index is 259. The highest BCUT2D eigenvalue weighted by atomic mass is 16.6. The van der Waals surface area contributed by atoms with Gasteiger partial charge in [-0.25, -0.2) is 0 Å². The molecular formula is C15H28O5. The maximum atomic E-state index is 9.86. The summed E-state index contributed by atoms with van der Waals surface area (Å²) >= 11 is 0. The molecule has 0 aromatic rings. The number of rotatable bonds is 10. The van der Waals surface area contributed by atoms with E-state index in [0.29, 0.717) is 6.61 Å². The van der Waals surface area contributed by atoms with Gasteiger partial charge in [0.05, 0.1) is 13.2 Å². The molecule has 0 spiro atoms. The minimum absolute atomic E-state index is 0.211. The van der Waals surface area contributed by atoms with Gasteiger partial charge in [0.2, 0.25) is 0 Å². The number of hydrogen-bond donors (Lipinski definition) is 3. The van der Waals surface area contributed by atoms with Crippen molar-refractivity contribution in [3.05, 3.63) is 12.7 Å². The largest absolute Gasteiger partial charge is 0.394 e. The van der Waals surface area contributed by atoms with Crippen molar-refractivity contribution < 1.29 is 24.8 Å². The molecule has 5 nitrogen and oxygen atoms in total. The molecular weight excluding hydrogens is 260 g/mol. The predicted octanol–water partition coefficient (Wildman–Crippen LogP) is 1.01. The zero-order chi connectivity index (χ0) is 14.8. The fourth-order valence-electron chi connectivity index (χ4n) is 2.32. The SMILES string of the molecule is C=CCCCCCCCO[C@H]1CO[C@H](CO)[C@@H](O)[C@@H]1O. The highest BCUT2D eigenvalue weighted by molar-refractivity contribution is 4.87. The molecule has 118 valence electrons. The Balaban J connectivity index is 2.06. The van der Waals surface area contributed by atoms with Crippen LogP contribution < -0.4 is 0 Å². The molecule has 1 fully saturated rings. The second-order valence-electron chi connectivity index (χ2n) is 5.29. The van der Waals surface area contributed by atoms with Crippen LogP contribution in [0.15, 0.2) is 12.7 Å². The van der Waals surface area contributed by atoms with Crippen molar-refractivity contribution in [2.75, 3.05) is 19.8 Å². The fourth-order valence-corrected chi connectivity index (χ4v) is 2.32. The maximum Gasteiger partial charge on any atom is 0.111 e. The average Bonchev–Trinajstić information content (AvgIpc) is 2.46. The summed E-state index contributed by atoms with van der Waals surface area (Å²) in [7, 11) is 0. The van der Waals surface area contributed by atoms with E-state index in [9.17, 15) is 10.2 Å². The van der Waals surface area contributed by atoms with Crippen LogP contribution in [-0.4, -0.2) is 59.6 Å². The van der Waals surface area contributed by atoms with Crippen LogP contribution in [-0.2, 0) is 9.47 Å². The first-order chi connectivity index (χ1) is 9.70. The summed E-state index contributed by atoms with van der Waals surface area (Å²) < 4.78 is 10.8. The summed E-state index contributed by atoms with van der Waals surface area (Å²) in [4.78, 5) is 0. The number of aliphatic hydroxyl groups is 3. The lowest BCUT2D eigenvalue weighted by atomic mass is 10.0. The normalized spacial score (nSPS) is 30.4. The summed E-state index contributed by atoms with van der Waals surface area (Å²) in [5.41, 5.74) is 0. The predicted molar refractivity (Wildman–Crippen MR) is 76.5 cm³/mol. The van der Waals surface area contributed by atoms with Gasteiger partial charge in [0.25, 0.3) is 0 Å². The molecule has 3 N–H and O–H groups in total. The second kappa shape index (κ2) is 10.3. The van der Waals surface area contributed by atoms with Crippen molar-refractivity contribution in [2.24, 2.45) is 0 Å². The number of allylic oxidation sites excluding steroid dienone is 1. The first-order valence-electron chi connectivity index (χ1n) is 7.51. The van der Waals surface area contributed by atoms with Crippen LogP contribution in [0.25, 0.3) is 0 Å². The van der Waals surface area contributed by atoms with Crippen LogP contribution >= 0.6 is 0 Å². The van der Waals surface area contributed by atoms with Crippen LogP contribution in [0.4, 0.5) is 0 Å². The molecule has 1 rings (SSSR count). The van der Waals surface area contributed by atoms with Crippen LogP contribution in [0.5, 0.6) is 0 Å². The van der Waals surface area contributed by atoms with Gasteiger partial charge in [-0.1, -0.05) is 25.3 Å². The van der Waals surface area contributed by atoms with Gasteiger partial charge in [-0.15, -0.1) is 6.58 Å². The Morgan fingerprint density at radius 2 is 1.80 bits per heavy atom. The molecule has 1 heterocycles. The van der Waals surface area contributed by atoms with Crippen molar-refractivity contribution >= 4 is 0 Å². The average molecular weight is 288 g/mol. The summed E-state index contributed by atoms with van der Waals surface area (Å²) in [6.45, 7) is 4.17. The fraction of sp³-hybridized carbons (Fsp3) is 0.867. The first kappa shape index (κ1) is 17.6. The van der Waals surface area contributed by atoms with Gasteiger partial charge in [-0.2, -0.15) is 0 Å². The molecule has 0 amide bonds. The van der Waals surface area contributed by atoms with Crippen molar-refractivity contribution in [3.8, 4) is 0 Å². The highest BCUT2D eigenvalue weighted by Gasteiger charge is 2.38. The van der Waals surface area contributed by atoms with E-state index in [1.807, 2.05) is 6.08 Å². The third-order valence-corrected chi connectivity index (χ3v) is 3.65. The zero-order valence-electron chi connectivity index (χ0n) is 12.1. The minimum Gasteiger partial charge on any atom is -0.394 e. The van der Waals surface area contributed by atoms with Crippen LogP contribution in [0, 0.1) is 0 Å². The lowest BCUT2D eigenvalue weighted by molar-refractivity contribution is -0.208. The van der Waals surface area contributed by atoms with E-state index >= 15 is 0 Å². The summed E-state index contributed by atoms with van der Waals surface area (Å²) in [5.74, 6) is 0. The Labute approximate surface area is 121 Å². The maximum absolute atomic E-state index is 9.86. The van der Waals surface area contributed by atoms with Crippen molar-refractivity contribution in [1.29, 1.82) is 0 Å². The molecule has 5 heteroatoms. The van der Waals surface area contributed by atoms with E-state index in [-0.39, 0.29) is 13.2 Å². The number of ether oxygens (including phenoxy) is 2. The molecule has 0 aromatic carbocycles. The molecule has 1 saturated heterocycles. The zero-order valence-corrected chi connectivity index (χ0v) is 12.1. The van der Waals surface area contributed by atoms with Crippen LogP contribution in [0.3, 0.4) is 0 Å². The van der Waals surface area contributed by atoms with E-state index in [1.165, 1.54) is 19.3 Å². The Morgan fingerprint density at radius 3 is 2.50 bits per heavy atom. The van der Waals surface area contributed by atoms with Crippen molar-refractivity contribution in [3.63, 3.8) is 0 Å². The Hall–Kier alpha value is -0.460.